The van der Waals surface area contributed by atoms with Crippen molar-refractivity contribution in [1.82, 2.24) is 9.88 Å². The van der Waals surface area contributed by atoms with Gasteiger partial charge in [0.1, 0.15) is 6.26 Å². The van der Waals surface area contributed by atoms with Gasteiger partial charge in [0, 0.05) is 37.8 Å². The van der Waals surface area contributed by atoms with Gasteiger partial charge in [0.25, 0.3) is 0 Å². The van der Waals surface area contributed by atoms with Crippen LogP contribution in [0.25, 0.3) is 0 Å². The molecular weight excluding hydrogens is 286 g/mol. The van der Waals surface area contributed by atoms with Crippen LogP contribution >= 0.6 is 0 Å². The van der Waals surface area contributed by atoms with Gasteiger partial charge in [-0.15, -0.1) is 0 Å². The summed E-state index contributed by atoms with van der Waals surface area (Å²) in [6.45, 7) is 8.48. The third-order valence-electron chi connectivity index (χ3n) is 4.47. The molecule has 0 saturated carbocycles. The molecule has 1 aromatic heterocycles. The number of nitrogens with zero attached hydrogens (tertiary/aromatic N) is 3. The first-order valence-electron chi connectivity index (χ1n) is 8.54. The van der Waals surface area contributed by atoms with Crippen LogP contribution in [-0.2, 0) is 6.54 Å². The van der Waals surface area contributed by atoms with Crippen LogP contribution in [0, 0.1) is 5.92 Å². The first kappa shape index (κ1) is 16.1. The van der Waals surface area contributed by atoms with Crippen LogP contribution in [0.15, 0.2) is 41.0 Å². The van der Waals surface area contributed by atoms with Gasteiger partial charge in [-0.1, -0.05) is 32.0 Å². The molecule has 1 aliphatic rings. The number of anilines is 1. The van der Waals surface area contributed by atoms with Crippen molar-refractivity contribution in [3.05, 3.63) is 48.2 Å². The van der Waals surface area contributed by atoms with Crippen molar-refractivity contribution in [3.63, 3.8) is 0 Å². The molecule has 1 fully saturated rings. The van der Waals surface area contributed by atoms with Gasteiger partial charge in [-0.2, -0.15) is 0 Å². The molecule has 23 heavy (non-hydrogen) atoms. The fourth-order valence-corrected chi connectivity index (χ4v) is 3.30. The van der Waals surface area contributed by atoms with Gasteiger partial charge in [0.2, 0.25) is 0 Å². The van der Waals surface area contributed by atoms with E-state index in [0.29, 0.717) is 5.92 Å². The summed E-state index contributed by atoms with van der Waals surface area (Å²) in [5.41, 5.74) is 2.38. The van der Waals surface area contributed by atoms with Crippen LogP contribution in [-0.4, -0.2) is 36.6 Å². The monoisotopic (exact) mass is 313 g/mol. The smallest absolute Gasteiger partial charge is 0.196 e. The van der Waals surface area contributed by atoms with Crippen LogP contribution in [0.1, 0.15) is 37.8 Å². The second kappa shape index (κ2) is 7.18. The topological polar surface area (TPSA) is 32.5 Å². The molecule has 0 spiro atoms. The lowest BCUT2D eigenvalue weighted by molar-refractivity contribution is 0.276. The normalized spacial score (nSPS) is 18.3. The Kier molecular flexibility index (Phi) is 5.01. The quantitative estimate of drug-likeness (QED) is 0.813. The van der Waals surface area contributed by atoms with E-state index in [4.69, 9.17) is 4.42 Å². The highest BCUT2D eigenvalue weighted by molar-refractivity contribution is 5.46. The summed E-state index contributed by atoms with van der Waals surface area (Å²) in [7, 11) is 2.18. The molecule has 0 amide bonds. The molecule has 2 aromatic rings. The van der Waals surface area contributed by atoms with Crippen LogP contribution in [0.5, 0.6) is 0 Å². The van der Waals surface area contributed by atoms with E-state index in [1.165, 1.54) is 12.1 Å². The van der Waals surface area contributed by atoms with E-state index in [9.17, 15) is 0 Å². The van der Waals surface area contributed by atoms with Crippen molar-refractivity contribution >= 4 is 5.69 Å². The predicted octanol–water partition coefficient (Wildman–Crippen LogP) is 3.76. The van der Waals surface area contributed by atoms with Crippen LogP contribution < -0.4 is 4.90 Å². The van der Waals surface area contributed by atoms with E-state index in [-0.39, 0.29) is 0 Å². The molecule has 1 aromatic carbocycles. The molecule has 0 radical (unpaired) electrons. The van der Waals surface area contributed by atoms with E-state index in [1.807, 2.05) is 0 Å². The van der Waals surface area contributed by atoms with Gasteiger partial charge in [-0.25, -0.2) is 4.98 Å². The molecule has 1 aliphatic heterocycles. The van der Waals surface area contributed by atoms with Crippen molar-refractivity contribution < 1.29 is 4.42 Å². The zero-order valence-electron chi connectivity index (χ0n) is 14.4. The lowest BCUT2D eigenvalue weighted by Crippen LogP contribution is -2.28. The Bertz CT molecular complexity index is 608. The molecule has 0 aliphatic carbocycles. The van der Waals surface area contributed by atoms with Crippen LogP contribution in [0.3, 0.4) is 0 Å². The Morgan fingerprint density at radius 1 is 1.30 bits per heavy atom. The third kappa shape index (κ3) is 4.14. The fourth-order valence-electron chi connectivity index (χ4n) is 3.30. The van der Waals surface area contributed by atoms with Gasteiger partial charge in [0.15, 0.2) is 5.89 Å². The molecule has 1 saturated heterocycles. The second-order valence-electron chi connectivity index (χ2n) is 6.96. The Balaban J connectivity index is 1.49. The van der Waals surface area contributed by atoms with E-state index in [1.54, 1.807) is 6.26 Å². The van der Waals surface area contributed by atoms with Gasteiger partial charge >= 0.3 is 0 Å². The van der Waals surface area contributed by atoms with E-state index >= 15 is 0 Å². The Morgan fingerprint density at radius 2 is 2.09 bits per heavy atom. The Morgan fingerprint density at radius 3 is 2.78 bits per heavy atom. The average Bonchev–Trinajstić information content (AvgIpc) is 3.18. The highest BCUT2D eigenvalue weighted by Gasteiger charge is 2.24. The minimum absolute atomic E-state index is 0.350. The largest absolute Gasteiger partial charge is 0.448 e. The maximum atomic E-state index is 5.53. The molecular formula is C19H27N3O. The molecule has 0 N–H and O–H groups in total. The summed E-state index contributed by atoms with van der Waals surface area (Å²) in [6, 6.07) is 10.7. The van der Waals surface area contributed by atoms with Crippen molar-refractivity contribution in [2.24, 2.45) is 5.92 Å². The Labute approximate surface area is 139 Å². The SMILES string of the molecule is CC(C)c1nc(CN(C)C[C@H]2CCN(c3ccccc3)C2)co1. The molecule has 3 rings (SSSR count). The molecule has 0 bridgehead atoms. The first-order valence-corrected chi connectivity index (χ1v) is 8.54. The summed E-state index contributed by atoms with van der Waals surface area (Å²) >= 11 is 0. The summed E-state index contributed by atoms with van der Waals surface area (Å²) in [6.07, 6.45) is 3.06. The summed E-state index contributed by atoms with van der Waals surface area (Å²) in [5.74, 6) is 1.91. The summed E-state index contributed by atoms with van der Waals surface area (Å²) in [4.78, 5) is 9.42. The lowest BCUT2D eigenvalue weighted by atomic mass is 10.1. The fraction of sp³-hybridized carbons (Fsp3) is 0.526. The number of aromatic nitrogens is 1. The molecule has 4 nitrogen and oxygen atoms in total. The maximum Gasteiger partial charge on any atom is 0.196 e. The molecule has 4 heteroatoms. The minimum atomic E-state index is 0.350. The average molecular weight is 313 g/mol. The van der Waals surface area contributed by atoms with E-state index in [0.717, 1.165) is 43.7 Å². The number of rotatable bonds is 6. The number of para-hydroxylation sites is 1. The van der Waals surface area contributed by atoms with Crippen molar-refractivity contribution in [3.8, 4) is 0 Å². The van der Waals surface area contributed by atoms with Gasteiger partial charge < -0.3 is 14.2 Å². The maximum absolute atomic E-state index is 5.53. The Hall–Kier alpha value is -1.81. The van der Waals surface area contributed by atoms with Crippen LogP contribution in [0.4, 0.5) is 5.69 Å². The zero-order valence-corrected chi connectivity index (χ0v) is 14.4. The molecule has 124 valence electrons. The lowest BCUT2D eigenvalue weighted by Gasteiger charge is -2.21. The minimum Gasteiger partial charge on any atom is -0.448 e. The number of benzene rings is 1. The van der Waals surface area contributed by atoms with Crippen molar-refractivity contribution in [2.75, 3.05) is 31.6 Å². The van der Waals surface area contributed by atoms with E-state index in [2.05, 4.69) is 66.0 Å². The predicted molar refractivity (Wildman–Crippen MR) is 93.7 cm³/mol. The van der Waals surface area contributed by atoms with Gasteiger partial charge in [-0.3, -0.25) is 0 Å². The van der Waals surface area contributed by atoms with Crippen molar-refractivity contribution in [2.45, 2.75) is 32.7 Å². The standard InChI is InChI=1S/C19H27N3O/c1-15(2)19-20-17(14-23-19)13-21(3)11-16-9-10-22(12-16)18-7-5-4-6-8-18/h4-8,14-16H,9-13H2,1-3H3/t16-/m1/s1. The second-order valence-corrected chi connectivity index (χ2v) is 6.96. The molecule has 2 heterocycles. The third-order valence-corrected chi connectivity index (χ3v) is 4.47. The zero-order chi connectivity index (χ0) is 16.2. The number of hydrogen-bond donors (Lipinski definition) is 0. The molecule has 1 atom stereocenters. The van der Waals surface area contributed by atoms with Gasteiger partial charge in [0.05, 0.1) is 5.69 Å². The van der Waals surface area contributed by atoms with Crippen LogP contribution in [0.2, 0.25) is 0 Å². The molecule has 0 unspecified atom stereocenters. The van der Waals surface area contributed by atoms with E-state index < -0.39 is 0 Å². The van der Waals surface area contributed by atoms with Gasteiger partial charge in [-0.05, 0) is 31.5 Å². The first-order chi connectivity index (χ1) is 11.1. The van der Waals surface area contributed by atoms with Crippen molar-refractivity contribution in [1.29, 1.82) is 0 Å². The summed E-state index contributed by atoms with van der Waals surface area (Å²) in [5, 5.41) is 0. The highest BCUT2D eigenvalue weighted by atomic mass is 16.3. The number of hydrogen-bond acceptors (Lipinski definition) is 4. The number of oxazole rings is 1. The highest BCUT2D eigenvalue weighted by Crippen LogP contribution is 2.24. The summed E-state index contributed by atoms with van der Waals surface area (Å²) < 4.78 is 5.53.